The Hall–Kier alpha value is -1.09. The van der Waals surface area contributed by atoms with Crippen LogP contribution in [0.4, 0.5) is 0 Å². The van der Waals surface area contributed by atoms with E-state index in [9.17, 15) is 0 Å². The average molecular weight is 237 g/mol. The van der Waals surface area contributed by atoms with Crippen molar-refractivity contribution in [3.8, 4) is 11.3 Å². The average Bonchev–Trinajstić information content (AvgIpc) is 2.62. The number of aromatic amines is 1. The summed E-state index contributed by atoms with van der Waals surface area (Å²) in [4.78, 5) is 0. The van der Waals surface area contributed by atoms with Gasteiger partial charge in [0.05, 0.1) is 5.69 Å². The molecule has 0 saturated carbocycles. The standard InChI is InChI=1S/C10H9BrN2/c1-7-2-3-8(6-9(7)11)10-4-5-12-13-10/h2-6H,1H3,(H,12,13). The SMILES string of the molecule is Cc1ccc(-c2ccn[nH]2)cc1Br. The van der Waals surface area contributed by atoms with Gasteiger partial charge < -0.3 is 0 Å². The van der Waals surface area contributed by atoms with E-state index in [0.29, 0.717) is 0 Å². The van der Waals surface area contributed by atoms with E-state index >= 15 is 0 Å². The van der Waals surface area contributed by atoms with Gasteiger partial charge in [0.2, 0.25) is 0 Å². The molecule has 0 atom stereocenters. The Morgan fingerprint density at radius 2 is 2.15 bits per heavy atom. The molecule has 0 unspecified atom stereocenters. The Labute approximate surface area is 85.1 Å². The lowest BCUT2D eigenvalue weighted by molar-refractivity contribution is 1.09. The molecule has 0 aliphatic heterocycles. The summed E-state index contributed by atoms with van der Waals surface area (Å²) >= 11 is 3.50. The molecule has 1 aromatic heterocycles. The quantitative estimate of drug-likeness (QED) is 0.810. The third-order valence-corrected chi connectivity index (χ3v) is 2.84. The highest BCUT2D eigenvalue weighted by Crippen LogP contribution is 2.23. The monoisotopic (exact) mass is 236 g/mol. The van der Waals surface area contributed by atoms with Gasteiger partial charge in [-0.15, -0.1) is 0 Å². The fraction of sp³-hybridized carbons (Fsp3) is 0.100. The Morgan fingerprint density at radius 1 is 1.31 bits per heavy atom. The lowest BCUT2D eigenvalue weighted by atomic mass is 10.1. The first-order valence-electron chi connectivity index (χ1n) is 4.03. The minimum Gasteiger partial charge on any atom is -0.278 e. The number of aromatic nitrogens is 2. The molecule has 2 rings (SSSR count). The van der Waals surface area contributed by atoms with E-state index in [0.717, 1.165) is 15.7 Å². The van der Waals surface area contributed by atoms with E-state index < -0.39 is 0 Å². The molecule has 0 radical (unpaired) electrons. The van der Waals surface area contributed by atoms with Gasteiger partial charge in [-0.2, -0.15) is 5.10 Å². The molecule has 0 aliphatic rings. The molecule has 1 heterocycles. The minimum atomic E-state index is 1.04. The molecule has 0 spiro atoms. The van der Waals surface area contributed by atoms with E-state index in [1.54, 1.807) is 6.20 Å². The first-order valence-corrected chi connectivity index (χ1v) is 4.82. The van der Waals surface area contributed by atoms with E-state index in [-0.39, 0.29) is 0 Å². The number of hydrogen-bond acceptors (Lipinski definition) is 1. The molecule has 0 saturated heterocycles. The van der Waals surface area contributed by atoms with E-state index in [2.05, 4.69) is 51.3 Å². The summed E-state index contributed by atoms with van der Waals surface area (Å²) in [5, 5.41) is 6.84. The van der Waals surface area contributed by atoms with Crippen molar-refractivity contribution in [1.29, 1.82) is 0 Å². The third kappa shape index (κ3) is 1.65. The molecule has 0 aliphatic carbocycles. The summed E-state index contributed by atoms with van der Waals surface area (Å²) in [7, 11) is 0. The van der Waals surface area contributed by atoms with Gasteiger partial charge in [0.25, 0.3) is 0 Å². The summed E-state index contributed by atoms with van der Waals surface area (Å²) in [6, 6.07) is 8.20. The van der Waals surface area contributed by atoms with Crippen molar-refractivity contribution in [3.05, 3.63) is 40.5 Å². The van der Waals surface area contributed by atoms with E-state index in [1.165, 1.54) is 5.56 Å². The zero-order chi connectivity index (χ0) is 9.26. The number of H-pyrrole nitrogens is 1. The van der Waals surface area contributed by atoms with Crippen LogP contribution in [0.15, 0.2) is 34.9 Å². The normalized spacial score (nSPS) is 10.3. The lowest BCUT2D eigenvalue weighted by Crippen LogP contribution is -1.80. The van der Waals surface area contributed by atoms with Crippen LogP contribution in [-0.2, 0) is 0 Å². The van der Waals surface area contributed by atoms with Crippen molar-refractivity contribution in [2.75, 3.05) is 0 Å². The summed E-state index contributed by atoms with van der Waals surface area (Å²) in [5.41, 5.74) is 3.43. The molecular weight excluding hydrogens is 228 g/mol. The predicted octanol–water partition coefficient (Wildman–Crippen LogP) is 3.15. The van der Waals surface area contributed by atoms with Crippen LogP contribution in [0.2, 0.25) is 0 Å². The fourth-order valence-electron chi connectivity index (χ4n) is 1.18. The Morgan fingerprint density at radius 3 is 2.77 bits per heavy atom. The van der Waals surface area contributed by atoms with Crippen molar-refractivity contribution in [3.63, 3.8) is 0 Å². The second kappa shape index (κ2) is 3.34. The molecule has 1 aromatic carbocycles. The Balaban J connectivity index is 2.49. The molecule has 0 bridgehead atoms. The minimum absolute atomic E-state index is 1.04. The maximum absolute atomic E-state index is 3.91. The first-order chi connectivity index (χ1) is 6.27. The fourth-order valence-corrected chi connectivity index (χ4v) is 1.56. The third-order valence-electron chi connectivity index (χ3n) is 1.98. The molecule has 1 N–H and O–H groups in total. The maximum Gasteiger partial charge on any atom is 0.0650 e. The van der Waals surface area contributed by atoms with Crippen LogP contribution < -0.4 is 0 Å². The maximum atomic E-state index is 3.91. The Kier molecular flexibility index (Phi) is 2.19. The van der Waals surface area contributed by atoms with E-state index in [4.69, 9.17) is 0 Å². The van der Waals surface area contributed by atoms with Crippen LogP contribution in [0.3, 0.4) is 0 Å². The van der Waals surface area contributed by atoms with Crippen molar-refractivity contribution < 1.29 is 0 Å². The van der Waals surface area contributed by atoms with Gasteiger partial charge in [0.1, 0.15) is 0 Å². The largest absolute Gasteiger partial charge is 0.278 e. The highest BCUT2D eigenvalue weighted by molar-refractivity contribution is 9.10. The van der Waals surface area contributed by atoms with Crippen LogP contribution in [0.1, 0.15) is 5.56 Å². The van der Waals surface area contributed by atoms with Gasteiger partial charge in [-0.3, -0.25) is 5.10 Å². The van der Waals surface area contributed by atoms with Crippen molar-refractivity contribution in [1.82, 2.24) is 10.2 Å². The summed E-state index contributed by atoms with van der Waals surface area (Å²) in [6.07, 6.45) is 1.75. The molecule has 2 aromatic rings. The summed E-state index contributed by atoms with van der Waals surface area (Å²) in [6.45, 7) is 2.07. The number of hydrogen-bond donors (Lipinski definition) is 1. The number of halogens is 1. The summed E-state index contributed by atoms with van der Waals surface area (Å²) in [5.74, 6) is 0. The number of rotatable bonds is 1. The predicted molar refractivity (Wildman–Crippen MR) is 56.5 cm³/mol. The number of nitrogens with one attached hydrogen (secondary N) is 1. The molecule has 0 fully saturated rings. The first kappa shape index (κ1) is 8.51. The van der Waals surface area contributed by atoms with Crippen LogP contribution >= 0.6 is 15.9 Å². The molecule has 3 heteroatoms. The highest BCUT2D eigenvalue weighted by atomic mass is 79.9. The van der Waals surface area contributed by atoms with Crippen LogP contribution in [-0.4, -0.2) is 10.2 Å². The molecule has 13 heavy (non-hydrogen) atoms. The second-order valence-corrected chi connectivity index (χ2v) is 3.79. The highest BCUT2D eigenvalue weighted by Gasteiger charge is 2.00. The lowest BCUT2D eigenvalue weighted by Gasteiger charge is -2.00. The van der Waals surface area contributed by atoms with Gasteiger partial charge in [0, 0.05) is 16.2 Å². The van der Waals surface area contributed by atoms with Gasteiger partial charge in [-0.25, -0.2) is 0 Å². The zero-order valence-electron chi connectivity index (χ0n) is 7.21. The van der Waals surface area contributed by atoms with Gasteiger partial charge in [-0.1, -0.05) is 28.1 Å². The van der Waals surface area contributed by atoms with Gasteiger partial charge >= 0.3 is 0 Å². The van der Waals surface area contributed by atoms with Gasteiger partial charge in [0.15, 0.2) is 0 Å². The van der Waals surface area contributed by atoms with Crippen molar-refractivity contribution in [2.24, 2.45) is 0 Å². The molecule has 66 valence electrons. The van der Waals surface area contributed by atoms with Crippen molar-refractivity contribution in [2.45, 2.75) is 6.92 Å². The zero-order valence-corrected chi connectivity index (χ0v) is 8.80. The van der Waals surface area contributed by atoms with Crippen LogP contribution in [0.25, 0.3) is 11.3 Å². The second-order valence-electron chi connectivity index (χ2n) is 2.93. The molecule has 2 nitrogen and oxygen atoms in total. The topological polar surface area (TPSA) is 28.7 Å². The number of benzene rings is 1. The van der Waals surface area contributed by atoms with E-state index in [1.807, 2.05) is 6.07 Å². The number of nitrogens with zero attached hydrogens (tertiary/aromatic N) is 1. The van der Waals surface area contributed by atoms with Crippen molar-refractivity contribution >= 4 is 15.9 Å². The van der Waals surface area contributed by atoms with Gasteiger partial charge in [-0.05, 0) is 24.6 Å². The smallest absolute Gasteiger partial charge is 0.0650 e. The summed E-state index contributed by atoms with van der Waals surface area (Å²) < 4.78 is 1.12. The van der Waals surface area contributed by atoms with Crippen LogP contribution in [0, 0.1) is 6.92 Å². The number of aryl methyl sites for hydroxylation is 1. The molecule has 0 amide bonds. The van der Waals surface area contributed by atoms with Crippen LogP contribution in [0.5, 0.6) is 0 Å². The Bertz CT molecular complexity index is 407. The molecular formula is C10H9BrN2.